The number of carbonyl (C=O) groups excluding carboxylic acids is 2. The van der Waals surface area contributed by atoms with Gasteiger partial charge in [-0.1, -0.05) is 91.1 Å². The molecule has 0 unspecified atom stereocenters. The van der Waals surface area contributed by atoms with Gasteiger partial charge in [0.1, 0.15) is 6.04 Å². The molecule has 1 saturated heterocycles. The topological polar surface area (TPSA) is 80.8 Å². The van der Waals surface area contributed by atoms with E-state index >= 15 is 0 Å². The van der Waals surface area contributed by atoms with Crippen LogP contribution < -0.4 is 10.1 Å². The maximum absolute atomic E-state index is 14.5. The molecule has 1 saturated carbocycles. The first-order chi connectivity index (χ1) is 19.9. The van der Waals surface area contributed by atoms with Crippen molar-refractivity contribution >= 4 is 11.9 Å². The molecule has 1 aliphatic heterocycles. The van der Waals surface area contributed by atoms with E-state index in [9.17, 15) is 9.59 Å². The van der Waals surface area contributed by atoms with Gasteiger partial charge in [0.15, 0.2) is 0 Å². The van der Waals surface area contributed by atoms with Crippen molar-refractivity contribution in [3.63, 3.8) is 0 Å². The Labute approximate surface area is 252 Å². The third-order valence-electron chi connectivity index (χ3n) is 9.06. The number of hydrogen-bond donors (Lipinski definition) is 1. The number of nitrogens with one attached hydrogen (secondary N) is 1. The van der Waals surface area contributed by atoms with Crippen molar-refractivity contribution in [1.82, 2.24) is 15.2 Å². The Morgan fingerprint density at radius 2 is 1.69 bits per heavy atom. The Hall–Kier alpha value is -2.93. The molecule has 1 aliphatic carbocycles. The number of rotatable bonds is 8. The quantitative estimate of drug-likeness (QED) is 0.356. The zero-order valence-corrected chi connectivity index (χ0v) is 26.9. The standard InChI is InChI=1S/C35H51N3O4/c1-9-42-33(40)30-27(35(5,6)7)28(36-21-25-20-26(34(2,3)4)22-37-31(25)41-8)29(23-16-12-10-13-17-23)38(30)32(39)24-18-14-11-15-19-24/h10,12-13,16-17,20,22,24,27-30,36H,9,11,14-15,18-19,21H2,1-8H3/t27-,28-,29-,30-/m0/s1. The van der Waals surface area contributed by atoms with E-state index in [-0.39, 0.29) is 53.2 Å². The Morgan fingerprint density at radius 3 is 2.26 bits per heavy atom. The van der Waals surface area contributed by atoms with Crippen LogP contribution >= 0.6 is 0 Å². The molecular formula is C35H51N3O4. The summed E-state index contributed by atoms with van der Waals surface area (Å²) in [5, 5.41) is 3.85. The summed E-state index contributed by atoms with van der Waals surface area (Å²) in [5.41, 5.74) is 2.72. The second-order valence-electron chi connectivity index (χ2n) is 14.1. The normalized spacial score (nSPS) is 23.6. The summed E-state index contributed by atoms with van der Waals surface area (Å²) in [7, 11) is 1.64. The van der Waals surface area contributed by atoms with Crippen molar-refractivity contribution in [2.45, 2.75) is 111 Å². The molecule has 2 aromatic rings. The van der Waals surface area contributed by atoms with E-state index < -0.39 is 6.04 Å². The van der Waals surface area contributed by atoms with Gasteiger partial charge in [0, 0.05) is 36.2 Å². The number of carbonyl (C=O) groups is 2. The summed E-state index contributed by atoms with van der Waals surface area (Å²) in [4.78, 5) is 34.9. The second kappa shape index (κ2) is 13.2. The molecule has 1 amide bonds. The molecule has 0 radical (unpaired) electrons. The number of benzene rings is 1. The van der Waals surface area contributed by atoms with E-state index in [1.807, 2.05) is 36.2 Å². The van der Waals surface area contributed by atoms with E-state index in [1.165, 1.54) is 0 Å². The van der Waals surface area contributed by atoms with Crippen LogP contribution in [0.25, 0.3) is 0 Å². The predicted molar refractivity (Wildman–Crippen MR) is 166 cm³/mol. The van der Waals surface area contributed by atoms with Gasteiger partial charge in [0.25, 0.3) is 0 Å². The van der Waals surface area contributed by atoms with E-state index in [2.05, 4.69) is 70.0 Å². The predicted octanol–water partition coefficient (Wildman–Crippen LogP) is 6.60. The second-order valence-corrected chi connectivity index (χ2v) is 14.1. The Bertz CT molecular complexity index is 1210. The molecule has 42 heavy (non-hydrogen) atoms. The van der Waals surface area contributed by atoms with E-state index in [0.717, 1.165) is 48.8 Å². The highest BCUT2D eigenvalue weighted by atomic mass is 16.5. The zero-order valence-electron chi connectivity index (χ0n) is 26.9. The highest BCUT2D eigenvalue weighted by Gasteiger charge is 2.58. The lowest BCUT2D eigenvalue weighted by Crippen LogP contribution is -2.50. The van der Waals surface area contributed by atoms with E-state index in [1.54, 1.807) is 7.11 Å². The molecular weight excluding hydrogens is 526 g/mol. The Balaban J connectivity index is 1.84. The monoisotopic (exact) mass is 577 g/mol. The molecule has 7 heteroatoms. The number of aromatic nitrogens is 1. The molecule has 1 aromatic carbocycles. The molecule has 230 valence electrons. The number of amides is 1. The summed E-state index contributed by atoms with van der Waals surface area (Å²) in [6.07, 6.45) is 6.87. The maximum atomic E-state index is 14.5. The number of hydrogen-bond acceptors (Lipinski definition) is 6. The lowest BCUT2D eigenvalue weighted by molar-refractivity contribution is -0.158. The van der Waals surface area contributed by atoms with Gasteiger partial charge in [0.2, 0.25) is 11.8 Å². The third-order valence-corrected chi connectivity index (χ3v) is 9.06. The minimum absolute atomic E-state index is 0.0693. The van der Waals surface area contributed by atoms with Crippen molar-refractivity contribution < 1.29 is 19.1 Å². The van der Waals surface area contributed by atoms with Crippen molar-refractivity contribution in [3.8, 4) is 5.88 Å². The van der Waals surface area contributed by atoms with Crippen LogP contribution in [0.2, 0.25) is 0 Å². The van der Waals surface area contributed by atoms with Crippen LogP contribution in [0.4, 0.5) is 0 Å². The third kappa shape index (κ3) is 6.82. The molecule has 2 fully saturated rings. The number of pyridine rings is 1. The summed E-state index contributed by atoms with van der Waals surface area (Å²) >= 11 is 0. The Morgan fingerprint density at radius 1 is 1.02 bits per heavy atom. The van der Waals surface area contributed by atoms with Crippen LogP contribution in [-0.4, -0.2) is 47.6 Å². The van der Waals surface area contributed by atoms with Crippen molar-refractivity contribution in [2.24, 2.45) is 17.3 Å². The summed E-state index contributed by atoms with van der Waals surface area (Å²) in [6.45, 7) is 15.6. The van der Waals surface area contributed by atoms with Gasteiger partial charge in [0.05, 0.1) is 19.8 Å². The fourth-order valence-corrected chi connectivity index (χ4v) is 6.95. The fraction of sp³-hybridized carbons (Fsp3) is 0.629. The van der Waals surface area contributed by atoms with Gasteiger partial charge in [-0.2, -0.15) is 0 Å². The molecule has 1 aromatic heterocycles. The van der Waals surface area contributed by atoms with Crippen LogP contribution in [0.3, 0.4) is 0 Å². The van der Waals surface area contributed by atoms with Gasteiger partial charge < -0.3 is 19.7 Å². The first kappa shape index (κ1) is 32.0. The number of esters is 1. The molecule has 4 atom stereocenters. The highest BCUT2D eigenvalue weighted by Crippen LogP contribution is 2.49. The summed E-state index contributed by atoms with van der Waals surface area (Å²) in [6, 6.07) is 11.1. The summed E-state index contributed by atoms with van der Waals surface area (Å²) < 4.78 is 11.4. The largest absolute Gasteiger partial charge is 0.481 e. The van der Waals surface area contributed by atoms with Crippen LogP contribution in [0.1, 0.15) is 103 Å². The molecule has 2 aliphatic rings. The Kier molecular flexibility index (Phi) is 10.0. The fourth-order valence-electron chi connectivity index (χ4n) is 6.95. The SMILES string of the molecule is CCOC(=O)[C@@H]1[C@@H](C(C)(C)C)[C@H](NCc2cc(C(C)(C)C)cnc2OC)[C@H](c2ccccc2)N1C(=O)C1CCCCC1. The average Bonchev–Trinajstić information content (AvgIpc) is 3.32. The zero-order chi connectivity index (χ0) is 30.7. The first-order valence-corrected chi connectivity index (χ1v) is 15.7. The smallest absolute Gasteiger partial charge is 0.329 e. The van der Waals surface area contributed by atoms with Gasteiger partial charge in [-0.05, 0) is 47.8 Å². The number of nitrogens with zero attached hydrogens (tertiary/aromatic N) is 2. The van der Waals surface area contributed by atoms with Crippen LogP contribution in [0.15, 0.2) is 42.6 Å². The molecule has 0 spiro atoms. The molecule has 2 heterocycles. The molecule has 0 bridgehead atoms. The van der Waals surface area contributed by atoms with Gasteiger partial charge in [-0.3, -0.25) is 4.79 Å². The van der Waals surface area contributed by atoms with Gasteiger partial charge >= 0.3 is 5.97 Å². The molecule has 7 nitrogen and oxygen atoms in total. The highest BCUT2D eigenvalue weighted by molar-refractivity contribution is 5.88. The summed E-state index contributed by atoms with van der Waals surface area (Å²) in [5.74, 6) is 0.0668. The molecule has 1 N–H and O–H groups in total. The van der Waals surface area contributed by atoms with Gasteiger partial charge in [-0.15, -0.1) is 0 Å². The number of ether oxygens (including phenoxy) is 2. The minimum atomic E-state index is -0.692. The van der Waals surface area contributed by atoms with Crippen LogP contribution in [-0.2, 0) is 26.3 Å². The van der Waals surface area contributed by atoms with Crippen molar-refractivity contribution in [3.05, 3.63) is 59.3 Å². The molecule has 4 rings (SSSR count). The van der Waals surface area contributed by atoms with Crippen molar-refractivity contribution in [1.29, 1.82) is 0 Å². The van der Waals surface area contributed by atoms with Crippen molar-refractivity contribution in [2.75, 3.05) is 13.7 Å². The number of likely N-dealkylation sites (tertiary alicyclic amines) is 1. The van der Waals surface area contributed by atoms with Crippen LogP contribution in [0, 0.1) is 17.3 Å². The number of methoxy groups -OCH3 is 1. The first-order valence-electron chi connectivity index (χ1n) is 15.7. The van der Waals surface area contributed by atoms with E-state index in [4.69, 9.17) is 9.47 Å². The minimum Gasteiger partial charge on any atom is -0.481 e. The van der Waals surface area contributed by atoms with Crippen LogP contribution in [0.5, 0.6) is 5.88 Å². The van der Waals surface area contributed by atoms with E-state index in [0.29, 0.717) is 12.4 Å². The average molecular weight is 578 g/mol. The lowest BCUT2D eigenvalue weighted by atomic mass is 9.72. The maximum Gasteiger partial charge on any atom is 0.329 e. The van der Waals surface area contributed by atoms with Gasteiger partial charge in [-0.25, -0.2) is 9.78 Å². The lowest BCUT2D eigenvalue weighted by Gasteiger charge is -2.36.